The van der Waals surface area contributed by atoms with E-state index in [2.05, 4.69) is 10.9 Å². The summed E-state index contributed by atoms with van der Waals surface area (Å²) in [5.41, 5.74) is 4.88. The lowest BCUT2D eigenvalue weighted by Crippen LogP contribution is -2.42. The van der Waals surface area contributed by atoms with E-state index in [0.717, 1.165) is 0 Å². The van der Waals surface area contributed by atoms with Crippen LogP contribution in [0, 0.1) is 10.1 Å². The van der Waals surface area contributed by atoms with Gasteiger partial charge in [0, 0.05) is 22.6 Å². The molecule has 0 unspecified atom stereocenters. The monoisotopic (exact) mass is 391 g/mol. The summed E-state index contributed by atoms with van der Waals surface area (Å²) >= 11 is 1.18. The third-order valence-corrected chi connectivity index (χ3v) is 4.39. The summed E-state index contributed by atoms with van der Waals surface area (Å²) in [5.74, 6) is -0.0242. The molecule has 142 valence electrons. The Hall–Kier alpha value is -3.27. The number of nitrogens with zero attached hydrogens (tertiary/aromatic N) is 1. The Morgan fingerprint density at radius 2 is 1.70 bits per heavy atom. The van der Waals surface area contributed by atoms with Gasteiger partial charge in [0.2, 0.25) is 5.91 Å². The predicted molar refractivity (Wildman–Crippen MR) is 99.0 cm³/mol. The van der Waals surface area contributed by atoms with Crippen molar-refractivity contribution < 1.29 is 24.0 Å². The van der Waals surface area contributed by atoms with Crippen molar-refractivity contribution in [1.29, 1.82) is 0 Å². The van der Waals surface area contributed by atoms with Gasteiger partial charge in [0.15, 0.2) is 11.5 Å². The number of benzene rings is 2. The second-order valence-corrected chi connectivity index (χ2v) is 6.16. The van der Waals surface area contributed by atoms with Crippen LogP contribution in [0.3, 0.4) is 0 Å². The van der Waals surface area contributed by atoms with Gasteiger partial charge in [-0.15, -0.1) is 11.8 Å². The highest BCUT2D eigenvalue weighted by Crippen LogP contribution is 2.27. The maximum absolute atomic E-state index is 12.1. The summed E-state index contributed by atoms with van der Waals surface area (Å²) in [4.78, 5) is 34.8. The number of rotatable bonds is 7. The van der Waals surface area contributed by atoms with Gasteiger partial charge in [0.1, 0.15) is 0 Å². The first-order valence-electron chi connectivity index (χ1n) is 7.63. The van der Waals surface area contributed by atoms with Gasteiger partial charge in [-0.25, -0.2) is 0 Å². The summed E-state index contributed by atoms with van der Waals surface area (Å²) in [6.07, 6.45) is 0. The lowest BCUT2D eigenvalue weighted by molar-refractivity contribution is -0.384. The van der Waals surface area contributed by atoms with Crippen LogP contribution in [0.5, 0.6) is 11.5 Å². The average molecular weight is 391 g/mol. The number of ether oxygens (including phenoxy) is 2. The average Bonchev–Trinajstić information content (AvgIpc) is 2.70. The van der Waals surface area contributed by atoms with E-state index in [9.17, 15) is 19.7 Å². The van der Waals surface area contributed by atoms with Crippen LogP contribution in [-0.2, 0) is 4.79 Å². The molecule has 0 aromatic heterocycles. The third kappa shape index (κ3) is 5.61. The van der Waals surface area contributed by atoms with Gasteiger partial charge >= 0.3 is 0 Å². The van der Waals surface area contributed by atoms with E-state index < -0.39 is 16.7 Å². The van der Waals surface area contributed by atoms with Gasteiger partial charge in [0.25, 0.3) is 11.6 Å². The van der Waals surface area contributed by atoms with Crippen molar-refractivity contribution in [2.45, 2.75) is 4.90 Å². The van der Waals surface area contributed by atoms with E-state index in [1.54, 1.807) is 18.2 Å². The van der Waals surface area contributed by atoms with Gasteiger partial charge in [0.05, 0.1) is 24.9 Å². The Morgan fingerprint density at radius 1 is 1.04 bits per heavy atom. The van der Waals surface area contributed by atoms with Crippen LogP contribution in [0.2, 0.25) is 0 Å². The Kier molecular flexibility index (Phi) is 7.00. The molecule has 2 aromatic carbocycles. The summed E-state index contributed by atoms with van der Waals surface area (Å²) < 4.78 is 10.2. The van der Waals surface area contributed by atoms with E-state index in [-0.39, 0.29) is 17.0 Å². The fourth-order valence-electron chi connectivity index (χ4n) is 2.03. The number of amides is 2. The highest BCUT2D eigenvalue weighted by molar-refractivity contribution is 8.00. The fraction of sp³-hybridized carbons (Fsp3) is 0.176. The molecule has 0 radical (unpaired) electrons. The highest BCUT2D eigenvalue weighted by Gasteiger charge is 2.12. The lowest BCUT2D eigenvalue weighted by Gasteiger charge is -2.10. The molecule has 2 amide bonds. The topological polar surface area (TPSA) is 120 Å². The van der Waals surface area contributed by atoms with Crippen molar-refractivity contribution in [3.63, 3.8) is 0 Å². The van der Waals surface area contributed by atoms with Gasteiger partial charge in [-0.1, -0.05) is 0 Å². The van der Waals surface area contributed by atoms with Crippen LogP contribution in [0.4, 0.5) is 5.69 Å². The van der Waals surface area contributed by atoms with Crippen LogP contribution >= 0.6 is 11.8 Å². The summed E-state index contributed by atoms with van der Waals surface area (Å²) in [5, 5.41) is 10.6. The summed E-state index contributed by atoms with van der Waals surface area (Å²) in [6, 6.07) is 10.4. The zero-order valence-electron chi connectivity index (χ0n) is 14.6. The van der Waals surface area contributed by atoms with Crippen LogP contribution in [-0.4, -0.2) is 36.7 Å². The van der Waals surface area contributed by atoms with Gasteiger partial charge < -0.3 is 9.47 Å². The number of nitro groups is 1. The molecule has 2 rings (SSSR count). The largest absolute Gasteiger partial charge is 0.493 e. The van der Waals surface area contributed by atoms with E-state index in [4.69, 9.17) is 9.47 Å². The molecule has 0 spiro atoms. The molecule has 0 bridgehead atoms. The molecule has 27 heavy (non-hydrogen) atoms. The molecule has 10 heteroatoms. The van der Waals surface area contributed by atoms with E-state index in [0.29, 0.717) is 16.4 Å². The van der Waals surface area contributed by atoms with Crippen molar-refractivity contribution in [1.82, 2.24) is 10.9 Å². The molecule has 2 N–H and O–H groups in total. The maximum Gasteiger partial charge on any atom is 0.269 e. The minimum absolute atomic E-state index is 0.0222. The summed E-state index contributed by atoms with van der Waals surface area (Å²) in [7, 11) is 2.94. The van der Waals surface area contributed by atoms with Crippen molar-refractivity contribution in [2.75, 3.05) is 20.0 Å². The molecule has 0 aliphatic heterocycles. The third-order valence-electron chi connectivity index (χ3n) is 3.38. The molecule has 0 fully saturated rings. The van der Waals surface area contributed by atoms with E-state index in [1.807, 2.05) is 0 Å². The molecule has 9 nitrogen and oxygen atoms in total. The second-order valence-electron chi connectivity index (χ2n) is 5.11. The molecule has 0 saturated carbocycles. The number of carbonyl (C=O) groups is 2. The van der Waals surface area contributed by atoms with Crippen molar-refractivity contribution in [3.05, 3.63) is 58.1 Å². The van der Waals surface area contributed by atoms with Crippen molar-refractivity contribution >= 4 is 29.3 Å². The van der Waals surface area contributed by atoms with Crippen LogP contribution < -0.4 is 20.3 Å². The summed E-state index contributed by atoms with van der Waals surface area (Å²) in [6.45, 7) is 0. The first-order chi connectivity index (χ1) is 12.9. The molecule has 0 saturated heterocycles. The van der Waals surface area contributed by atoms with Crippen molar-refractivity contribution in [2.24, 2.45) is 0 Å². The molecule has 0 aliphatic carbocycles. The number of hydrogen-bond donors (Lipinski definition) is 2. The number of methoxy groups -OCH3 is 2. The highest BCUT2D eigenvalue weighted by atomic mass is 32.2. The predicted octanol–water partition coefficient (Wildman–Crippen LogP) is 2.17. The molecular weight excluding hydrogens is 374 g/mol. The van der Waals surface area contributed by atoms with E-state index in [1.165, 1.54) is 50.2 Å². The standard InChI is InChI=1S/C17H17N3O6S/c1-25-14-8-3-11(9-15(14)26-2)17(22)19-18-16(21)10-27-13-6-4-12(5-7-13)20(23)24/h3-9H,10H2,1-2H3,(H,18,21)(H,19,22). The van der Waals surface area contributed by atoms with Crippen LogP contribution in [0.25, 0.3) is 0 Å². The van der Waals surface area contributed by atoms with Gasteiger partial charge in [-0.3, -0.25) is 30.6 Å². The zero-order valence-corrected chi connectivity index (χ0v) is 15.4. The number of hydrazine groups is 1. The zero-order chi connectivity index (χ0) is 19.8. The molecule has 0 aliphatic rings. The van der Waals surface area contributed by atoms with Crippen LogP contribution in [0.15, 0.2) is 47.4 Å². The quantitative estimate of drug-likeness (QED) is 0.422. The smallest absolute Gasteiger partial charge is 0.269 e. The minimum atomic E-state index is -0.510. The number of carbonyl (C=O) groups excluding carboxylic acids is 2. The Labute approximate surface area is 159 Å². The Balaban J connectivity index is 1.84. The Bertz CT molecular complexity index is 841. The first-order valence-corrected chi connectivity index (χ1v) is 8.61. The number of nitrogens with one attached hydrogen (secondary N) is 2. The van der Waals surface area contributed by atoms with E-state index >= 15 is 0 Å². The normalized spacial score (nSPS) is 10.0. The van der Waals surface area contributed by atoms with Crippen molar-refractivity contribution in [3.8, 4) is 11.5 Å². The minimum Gasteiger partial charge on any atom is -0.493 e. The molecule has 0 heterocycles. The SMILES string of the molecule is COc1ccc(C(=O)NNC(=O)CSc2ccc([N+](=O)[O-])cc2)cc1OC. The maximum atomic E-state index is 12.1. The van der Waals surface area contributed by atoms with Gasteiger partial charge in [-0.2, -0.15) is 0 Å². The number of thioether (sulfide) groups is 1. The number of non-ortho nitro benzene ring substituents is 1. The van der Waals surface area contributed by atoms with Gasteiger partial charge in [-0.05, 0) is 30.3 Å². The molecule has 2 aromatic rings. The first kappa shape index (κ1) is 20.0. The molecular formula is C17H17N3O6S. The lowest BCUT2D eigenvalue weighted by atomic mass is 10.2. The number of nitro benzene ring substituents is 1. The second kappa shape index (κ2) is 9.43. The molecule has 0 atom stereocenters. The Morgan fingerprint density at radius 3 is 2.30 bits per heavy atom. The number of hydrogen-bond acceptors (Lipinski definition) is 7. The fourth-order valence-corrected chi connectivity index (χ4v) is 2.72. The van der Waals surface area contributed by atoms with Crippen LogP contribution in [0.1, 0.15) is 10.4 Å².